The molecule has 0 aliphatic heterocycles. The first-order valence-electron chi connectivity index (χ1n) is 6.41. The molecule has 0 spiro atoms. The second-order valence-corrected chi connectivity index (χ2v) is 5.91. The Bertz CT molecular complexity index is 369. The van der Waals surface area contributed by atoms with Crippen molar-refractivity contribution in [2.24, 2.45) is 5.41 Å². The first-order valence-corrected chi connectivity index (χ1v) is 6.85. The summed E-state index contributed by atoms with van der Waals surface area (Å²) in [5.41, 5.74) is 1.60. The van der Waals surface area contributed by atoms with Gasteiger partial charge in [0.05, 0.1) is 7.11 Å². The molecule has 1 unspecified atom stereocenters. The Morgan fingerprint density at radius 1 is 1.35 bits per heavy atom. The summed E-state index contributed by atoms with van der Waals surface area (Å²) in [6, 6.07) is 8.24. The largest absolute Gasteiger partial charge is 0.497 e. The fraction of sp³-hybridized carbons (Fsp3) is 0.600. The van der Waals surface area contributed by atoms with E-state index >= 15 is 0 Å². The monoisotopic (exact) mass is 252 g/mol. The highest BCUT2D eigenvalue weighted by Gasteiger charge is 2.35. The lowest BCUT2D eigenvalue weighted by atomic mass is 9.82. The van der Waals surface area contributed by atoms with Crippen molar-refractivity contribution in [1.82, 2.24) is 0 Å². The summed E-state index contributed by atoms with van der Waals surface area (Å²) >= 11 is 6.62. The Kier molecular flexibility index (Phi) is 3.98. The molecule has 1 aromatic carbocycles. The van der Waals surface area contributed by atoms with Gasteiger partial charge in [-0.15, -0.1) is 11.6 Å². The van der Waals surface area contributed by atoms with E-state index < -0.39 is 0 Å². The smallest absolute Gasteiger partial charge is 0.119 e. The number of hydrogen-bond acceptors (Lipinski definition) is 1. The third-order valence-electron chi connectivity index (χ3n) is 4.05. The zero-order valence-corrected chi connectivity index (χ0v) is 11.5. The highest BCUT2D eigenvalue weighted by molar-refractivity contribution is 6.21. The van der Waals surface area contributed by atoms with Crippen LogP contribution in [0.3, 0.4) is 0 Å². The van der Waals surface area contributed by atoms with Crippen molar-refractivity contribution in [3.05, 3.63) is 29.8 Å². The zero-order valence-electron chi connectivity index (χ0n) is 10.7. The van der Waals surface area contributed by atoms with E-state index in [-0.39, 0.29) is 5.38 Å². The topological polar surface area (TPSA) is 9.23 Å². The third-order valence-corrected chi connectivity index (χ3v) is 4.73. The molecule has 2 rings (SSSR count). The van der Waals surface area contributed by atoms with Gasteiger partial charge in [-0.05, 0) is 42.4 Å². The number of hydrogen-bond donors (Lipinski definition) is 0. The fourth-order valence-electron chi connectivity index (χ4n) is 2.75. The van der Waals surface area contributed by atoms with Gasteiger partial charge in [0.25, 0.3) is 0 Å². The summed E-state index contributed by atoms with van der Waals surface area (Å²) in [7, 11) is 1.70. The molecule has 1 aliphatic carbocycles. The summed E-state index contributed by atoms with van der Waals surface area (Å²) in [5, 5.41) is 0.233. The van der Waals surface area contributed by atoms with Crippen LogP contribution in [-0.4, -0.2) is 12.5 Å². The molecule has 17 heavy (non-hydrogen) atoms. The maximum absolute atomic E-state index is 6.62. The van der Waals surface area contributed by atoms with Crippen LogP contribution in [0.2, 0.25) is 0 Å². The van der Waals surface area contributed by atoms with Crippen molar-refractivity contribution < 1.29 is 4.74 Å². The number of methoxy groups -OCH3 is 1. The van der Waals surface area contributed by atoms with Gasteiger partial charge in [0, 0.05) is 5.38 Å². The van der Waals surface area contributed by atoms with Crippen LogP contribution in [0.1, 0.15) is 38.2 Å². The molecule has 1 nitrogen and oxygen atoms in total. The van der Waals surface area contributed by atoms with E-state index in [4.69, 9.17) is 16.3 Å². The predicted octanol–water partition coefficient (Wildman–Crippen LogP) is 4.43. The summed E-state index contributed by atoms with van der Waals surface area (Å²) in [6.07, 6.45) is 6.14. The fourth-order valence-corrected chi connectivity index (χ4v) is 3.15. The molecular weight excluding hydrogens is 232 g/mol. The van der Waals surface area contributed by atoms with Crippen molar-refractivity contribution in [2.75, 3.05) is 7.11 Å². The molecule has 1 aliphatic rings. The van der Waals surface area contributed by atoms with Crippen molar-refractivity contribution >= 4 is 11.6 Å². The summed E-state index contributed by atoms with van der Waals surface area (Å²) in [4.78, 5) is 0. The highest BCUT2D eigenvalue weighted by atomic mass is 35.5. The Hall–Kier alpha value is -0.690. The van der Waals surface area contributed by atoms with Crippen molar-refractivity contribution in [3.8, 4) is 5.75 Å². The van der Waals surface area contributed by atoms with Crippen LogP contribution in [0, 0.1) is 5.41 Å². The minimum Gasteiger partial charge on any atom is -0.497 e. The predicted molar refractivity (Wildman–Crippen MR) is 72.9 cm³/mol. The highest BCUT2D eigenvalue weighted by Crippen LogP contribution is 2.44. The lowest BCUT2D eigenvalue weighted by molar-refractivity contribution is 0.316. The minimum atomic E-state index is 0.233. The number of halogens is 1. The average Bonchev–Trinajstić information content (AvgIpc) is 2.78. The molecule has 0 bridgehead atoms. The van der Waals surface area contributed by atoms with Gasteiger partial charge in [0.2, 0.25) is 0 Å². The van der Waals surface area contributed by atoms with Gasteiger partial charge in [0.1, 0.15) is 5.75 Å². The van der Waals surface area contributed by atoms with Gasteiger partial charge in [-0.25, -0.2) is 0 Å². The Morgan fingerprint density at radius 3 is 2.71 bits per heavy atom. The van der Waals surface area contributed by atoms with Crippen molar-refractivity contribution in [2.45, 2.75) is 44.4 Å². The molecule has 0 amide bonds. The molecule has 1 fully saturated rings. The van der Waals surface area contributed by atoms with Gasteiger partial charge in [0.15, 0.2) is 0 Å². The van der Waals surface area contributed by atoms with Crippen molar-refractivity contribution in [3.63, 3.8) is 0 Å². The van der Waals surface area contributed by atoms with E-state index in [1.807, 2.05) is 12.1 Å². The average molecular weight is 253 g/mol. The molecule has 0 heterocycles. The van der Waals surface area contributed by atoms with E-state index in [9.17, 15) is 0 Å². The van der Waals surface area contributed by atoms with Crippen LogP contribution in [0.4, 0.5) is 0 Å². The van der Waals surface area contributed by atoms with Crippen molar-refractivity contribution in [1.29, 1.82) is 0 Å². The summed E-state index contributed by atoms with van der Waals surface area (Å²) < 4.78 is 5.24. The van der Waals surface area contributed by atoms with Crippen LogP contribution in [0.15, 0.2) is 24.3 Å². The first-order chi connectivity index (χ1) is 8.14. The Balaban J connectivity index is 2.04. The SMILES string of the molecule is COc1cccc(CC(Cl)C2(C)CCCC2)c1. The van der Waals surface area contributed by atoms with Crippen LogP contribution in [0.5, 0.6) is 5.75 Å². The number of ether oxygens (including phenoxy) is 1. The molecule has 94 valence electrons. The maximum Gasteiger partial charge on any atom is 0.119 e. The van der Waals surface area contributed by atoms with E-state index in [1.165, 1.54) is 31.2 Å². The normalized spacial score (nSPS) is 20.2. The maximum atomic E-state index is 6.62. The Labute approximate surface area is 109 Å². The van der Waals surface area contributed by atoms with Gasteiger partial charge < -0.3 is 4.74 Å². The number of rotatable bonds is 4. The van der Waals surface area contributed by atoms with E-state index in [2.05, 4.69) is 19.1 Å². The van der Waals surface area contributed by atoms with Crippen LogP contribution < -0.4 is 4.74 Å². The lowest BCUT2D eigenvalue weighted by Crippen LogP contribution is -2.26. The van der Waals surface area contributed by atoms with Crippen LogP contribution in [-0.2, 0) is 6.42 Å². The molecule has 0 aromatic heterocycles. The van der Waals surface area contributed by atoms with Crippen LogP contribution >= 0.6 is 11.6 Å². The molecule has 0 N–H and O–H groups in total. The molecular formula is C15H21ClO. The summed E-state index contributed by atoms with van der Waals surface area (Å²) in [6.45, 7) is 2.33. The number of benzene rings is 1. The standard InChI is InChI=1S/C15H21ClO/c1-15(8-3-4-9-15)14(16)11-12-6-5-7-13(10-12)17-2/h5-7,10,14H,3-4,8-9,11H2,1-2H3. The van der Waals surface area contributed by atoms with Gasteiger partial charge >= 0.3 is 0 Å². The van der Waals surface area contributed by atoms with Gasteiger partial charge in [-0.1, -0.05) is 31.9 Å². The van der Waals surface area contributed by atoms with E-state index in [1.54, 1.807) is 7.11 Å². The molecule has 2 heteroatoms. The quantitative estimate of drug-likeness (QED) is 0.721. The second-order valence-electron chi connectivity index (χ2n) is 5.38. The molecule has 1 aromatic rings. The first kappa shape index (κ1) is 12.8. The van der Waals surface area contributed by atoms with Gasteiger partial charge in [-0.2, -0.15) is 0 Å². The van der Waals surface area contributed by atoms with E-state index in [0.717, 1.165) is 12.2 Å². The molecule has 0 radical (unpaired) electrons. The zero-order chi connectivity index (χ0) is 12.3. The molecule has 0 saturated heterocycles. The lowest BCUT2D eigenvalue weighted by Gasteiger charge is -2.29. The Morgan fingerprint density at radius 2 is 2.06 bits per heavy atom. The molecule has 1 saturated carbocycles. The van der Waals surface area contributed by atoms with Gasteiger partial charge in [-0.3, -0.25) is 0 Å². The third kappa shape index (κ3) is 2.95. The number of alkyl halides is 1. The second kappa shape index (κ2) is 5.30. The molecule has 1 atom stereocenters. The summed E-state index contributed by atoms with van der Waals surface area (Å²) in [5.74, 6) is 0.919. The van der Waals surface area contributed by atoms with E-state index in [0.29, 0.717) is 5.41 Å². The van der Waals surface area contributed by atoms with Crippen LogP contribution in [0.25, 0.3) is 0 Å². The minimum absolute atomic E-state index is 0.233.